The molecule has 8 nitrogen and oxygen atoms in total. The first kappa shape index (κ1) is 12.5. The molecule has 1 rings (SSSR count). The molecule has 1 atom stereocenters. The second-order valence-corrected chi connectivity index (χ2v) is 4.28. The van der Waals surface area contributed by atoms with Crippen molar-refractivity contribution in [3.63, 3.8) is 0 Å². The predicted octanol–water partition coefficient (Wildman–Crippen LogP) is -2.06. The maximum absolute atomic E-state index is 11.1. The first-order chi connectivity index (χ1) is 7.45. The zero-order valence-corrected chi connectivity index (χ0v) is 9.50. The molecule has 0 radical (unpaired) electrons. The van der Waals surface area contributed by atoms with Crippen LogP contribution in [0.25, 0.3) is 0 Å². The van der Waals surface area contributed by atoms with Gasteiger partial charge in [0.25, 0.3) is 0 Å². The normalized spacial score (nSPS) is 12.2. The minimum atomic E-state index is -0.888. The Balaban J connectivity index is 2.98. The van der Waals surface area contributed by atoms with Gasteiger partial charge < -0.3 is 0 Å². The summed E-state index contributed by atoms with van der Waals surface area (Å²) in [4.78, 5) is 36.6. The summed E-state index contributed by atoms with van der Waals surface area (Å²) in [7, 11) is 1.52. The van der Waals surface area contributed by atoms with Crippen molar-refractivity contribution < 1.29 is 4.79 Å². The van der Waals surface area contributed by atoms with E-state index in [-0.39, 0.29) is 5.16 Å². The van der Waals surface area contributed by atoms with Crippen LogP contribution in [0.3, 0.4) is 0 Å². The summed E-state index contributed by atoms with van der Waals surface area (Å²) in [6.07, 6.45) is 0. The zero-order chi connectivity index (χ0) is 12.3. The molecule has 0 aliphatic rings. The van der Waals surface area contributed by atoms with Gasteiger partial charge in [0.15, 0.2) is 5.16 Å². The number of hydrazine groups is 1. The SMILES string of the molecule is CC(Sc1nc(=O)c(=O)[nH]n1C)C(=O)NN. The van der Waals surface area contributed by atoms with E-state index in [0.29, 0.717) is 0 Å². The van der Waals surface area contributed by atoms with E-state index in [4.69, 9.17) is 5.84 Å². The fraction of sp³-hybridized carbons (Fsp3) is 0.429. The molecule has 0 saturated carbocycles. The van der Waals surface area contributed by atoms with Crippen molar-refractivity contribution in [2.45, 2.75) is 17.3 Å². The van der Waals surface area contributed by atoms with E-state index in [0.717, 1.165) is 11.8 Å². The number of hydrogen-bond acceptors (Lipinski definition) is 6. The van der Waals surface area contributed by atoms with Gasteiger partial charge in [-0.3, -0.25) is 29.6 Å². The van der Waals surface area contributed by atoms with Crippen molar-refractivity contribution in [2.75, 3.05) is 0 Å². The number of amides is 1. The van der Waals surface area contributed by atoms with Gasteiger partial charge in [0.2, 0.25) is 5.91 Å². The number of nitrogens with zero attached hydrogens (tertiary/aromatic N) is 2. The van der Waals surface area contributed by atoms with Gasteiger partial charge in [-0.25, -0.2) is 5.84 Å². The first-order valence-corrected chi connectivity index (χ1v) is 5.18. The Labute approximate surface area is 94.2 Å². The van der Waals surface area contributed by atoms with Gasteiger partial charge in [0.1, 0.15) is 0 Å². The van der Waals surface area contributed by atoms with Crippen LogP contribution in [0.15, 0.2) is 14.7 Å². The molecular formula is C7H11N5O3S. The molecule has 4 N–H and O–H groups in total. The molecule has 0 aliphatic carbocycles. The van der Waals surface area contributed by atoms with Crippen LogP contribution in [0, 0.1) is 0 Å². The quantitative estimate of drug-likeness (QED) is 0.185. The molecule has 0 aromatic carbocycles. The number of hydrogen-bond donors (Lipinski definition) is 3. The largest absolute Gasteiger partial charge is 0.339 e. The number of nitrogens with two attached hydrogens (primary N) is 1. The predicted molar refractivity (Wildman–Crippen MR) is 57.7 cm³/mol. The molecule has 0 aliphatic heterocycles. The average molecular weight is 245 g/mol. The average Bonchev–Trinajstić information content (AvgIpc) is 2.24. The van der Waals surface area contributed by atoms with Crippen molar-refractivity contribution in [2.24, 2.45) is 12.9 Å². The lowest BCUT2D eigenvalue weighted by molar-refractivity contribution is -0.120. The van der Waals surface area contributed by atoms with Crippen molar-refractivity contribution >= 4 is 17.7 Å². The molecule has 88 valence electrons. The Kier molecular flexibility index (Phi) is 3.85. The molecule has 0 spiro atoms. The van der Waals surface area contributed by atoms with E-state index in [9.17, 15) is 14.4 Å². The minimum Gasteiger partial charge on any atom is -0.293 e. The third-order valence-corrected chi connectivity index (χ3v) is 2.88. The van der Waals surface area contributed by atoms with Crippen LogP contribution in [-0.2, 0) is 11.8 Å². The fourth-order valence-electron chi connectivity index (χ4n) is 0.895. The number of aryl methyl sites for hydroxylation is 1. The van der Waals surface area contributed by atoms with E-state index in [1.54, 1.807) is 6.92 Å². The highest BCUT2D eigenvalue weighted by atomic mass is 32.2. The molecule has 1 heterocycles. The molecule has 0 fully saturated rings. The second kappa shape index (κ2) is 4.94. The molecule has 0 saturated heterocycles. The summed E-state index contributed by atoms with van der Waals surface area (Å²) in [5.41, 5.74) is 0.293. The van der Waals surface area contributed by atoms with Crippen LogP contribution in [0.4, 0.5) is 0 Å². The lowest BCUT2D eigenvalue weighted by Gasteiger charge is -2.10. The molecular weight excluding hydrogens is 234 g/mol. The van der Waals surface area contributed by atoms with Crippen molar-refractivity contribution in [3.8, 4) is 0 Å². The highest BCUT2D eigenvalue weighted by Gasteiger charge is 2.16. The smallest absolute Gasteiger partial charge is 0.293 e. The van der Waals surface area contributed by atoms with Crippen molar-refractivity contribution in [3.05, 3.63) is 20.7 Å². The molecule has 1 amide bonds. The van der Waals surface area contributed by atoms with Crippen molar-refractivity contribution in [1.29, 1.82) is 0 Å². The molecule has 1 unspecified atom stereocenters. The van der Waals surface area contributed by atoms with Gasteiger partial charge in [0, 0.05) is 7.05 Å². The van der Waals surface area contributed by atoms with E-state index in [2.05, 4.69) is 10.1 Å². The van der Waals surface area contributed by atoms with Gasteiger partial charge in [0.05, 0.1) is 5.25 Å². The highest BCUT2D eigenvalue weighted by molar-refractivity contribution is 8.00. The third kappa shape index (κ3) is 2.70. The summed E-state index contributed by atoms with van der Waals surface area (Å²) in [5.74, 6) is 4.56. The van der Waals surface area contributed by atoms with Crippen LogP contribution in [0.5, 0.6) is 0 Å². The van der Waals surface area contributed by atoms with Crippen LogP contribution >= 0.6 is 11.8 Å². The number of nitrogens with one attached hydrogen (secondary N) is 2. The molecule has 9 heteroatoms. The summed E-state index contributed by atoms with van der Waals surface area (Å²) >= 11 is 1.02. The van der Waals surface area contributed by atoms with Gasteiger partial charge in [-0.15, -0.1) is 0 Å². The summed E-state index contributed by atoms with van der Waals surface area (Å²) in [5, 5.41) is 1.99. The van der Waals surface area contributed by atoms with Gasteiger partial charge in [-0.1, -0.05) is 11.8 Å². The van der Waals surface area contributed by atoms with Crippen LogP contribution in [0.2, 0.25) is 0 Å². The number of carbonyl (C=O) groups is 1. The summed E-state index contributed by atoms with van der Waals surface area (Å²) in [6.45, 7) is 1.60. The lowest BCUT2D eigenvalue weighted by atomic mass is 10.5. The van der Waals surface area contributed by atoms with Crippen LogP contribution < -0.4 is 22.4 Å². The second-order valence-electron chi connectivity index (χ2n) is 2.97. The van der Waals surface area contributed by atoms with Gasteiger partial charge >= 0.3 is 11.1 Å². The van der Waals surface area contributed by atoms with E-state index in [1.165, 1.54) is 11.7 Å². The van der Waals surface area contributed by atoms with Crippen LogP contribution in [-0.4, -0.2) is 25.9 Å². The standard InChI is InChI=1S/C7H11N5O3S/c1-3(4(13)10-8)16-7-9-5(14)6(15)11-12(7)2/h3H,8H2,1-2H3,(H,10,13)(H,11,15). The van der Waals surface area contributed by atoms with E-state index in [1.807, 2.05) is 5.43 Å². The van der Waals surface area contributed by atoms with Gasteiger partial charge in [-0.05, 0) is 6.92 Å². The van der Waals surface area contributed by atoms with Crippen molar-refractivity contribution in [1.82, 2.24) is 20.2 Å². The maximum Gasteiger partial charge on any atom is 0.339 e. The number of rotatable bonds is 3. The summed E-state index contributed by atoms with van der Waals surface area (Å²) < 4.78 is 1.27. The van der Waals surface area contributed by atoms with E-state index < -0.39 is 22.3 Å². The number of carbonyl (C=O) groups excluding carboxylic acids is 1. The first-order valence-electron chi connectivity index (χ1n) is 4.30. The fourth-order valence-corrected chi connectivity index (χ4v) is 1.73. The number of aromatic nitrogens is 3. The Bertz CT molecular complexity index is 507. The molecule has 1 aromatic heterocycles. The zero-order valence-electron chi connectivity index (χ0n) is 8.68. The maximum atomic E-state index is 11.1. The highest BCUT2D eigenvalue weighted by Crippen LogP contribution is 2.17. The monoisotopic (exact) mass is 245 g/mol. The van der Waals surface area contributed by atoms with Gasteiger partial charge in [-0.2, -0.15) is 4.98 Å². The van der Waals surface area contributed by atoms with Crippen LogP contribution in [0.1, 0.15) is 6.92 Å². The number of H-pyrrole nitrogens is 1. The Morgan fingerprint density at radius 3 is 2.81 bits per heavy atom. The minimum absolute atomic E-state index is 0.237. The third-order valence-electron chi connectivity index (χ3n) is 1.74. The summed E-state index contributed by atoms with van der Waals surface area (Å²) in [6, 6.07) is 0. The van der Waals surface area contributed by atoms with E-state index >= 15 is 0 Å². The Morgan fingerprint density at radius 1 is 1.62 bits per heavy atom. The number of thioether (sulfide) groups is 1. The molecule has 16 heavy (non-hydrogen) atoms. The Hall–Kier alpha value is -1.61. The topological polar surface area (TPSA) is 123 Å². The number of aromatic amines is 1. The Morgan fingerprint density at radius 2 is 2.25 bits per heavy atom. The molecule has 1 aromatic rings. The lowest BCUT2D eigenvalue weighted by Crippen LogP contribution is -2.37. The molecule has 0 bridgehead atoms.